The molecule has 2 aromatic carbocycles. The van der Waals surface area contributed by atoms with Crippen LogP contribution in [0.3, 0.4) is 0 Å². The van der Waals surface area contributed by atoms with E-state index in [0.29, 0.717) is 34.2 Å². The van der Waals surface area contributed by atoms with Crippen LogP contribution >= 0.6 is 11.3 Å². The number of aryl methyl sites for hydroxylation is 1. The van der Waals surface area contributed by atoms with Crippen molar-refractivity contribution in [3.8, 4) is 10.6 Å². The van der Waals surface area contributed by atoms with E-state index in [-0.39, 0.29) is 18.4 Å². The molecule has 34 heavy (non-hydrogen) atoms. The predicted octanol–water partition coefficient (Wildman–Crippen LogP) is 3.46. The summed E-state index contributed by atoms with van der Waals surface area (Å²) in [6, 6.07) is 13.3. The average Bonchev–Trinajstić information content (AvgIpc) is 3.35. The molecule has 1 aliphatic carbocycles. The molecule has 1 fully saturated rings. The Bertz CT molecular complexity index is 1300. The molecule has 0 aliphatic heterocycles. The number of para-hydroxylation sites is 1. The van der Waals surface area contributed by atoms with Crippen molar-refractivity contribution >= 4 is 39.0 Å². The molecular weight excluding hydrogens is 457 g/mol. The van der Waals surface area contributed by atoms with Gasteiger partial charge in [0.25, 0.3) is 0 Å². The molecule has 1 saturated carbocycles. The van der Waals surface area contributed by atoms with E-state index in [1.54, 1.807) is 12.1 Å². The first-order valence-corrected chi connectivity index (χ1v) is 11.8. The molecule has 4 aromatic rings. The SMILES string of the molecule is Cc1nc(Nc2cccc(F)c2)nc(N[C@@H]2C[C@H](CO)[C@@H](O)[C@H]2O)c1-c1nc2ccccc2s1. The molecule has 0 spiro atoms. The van der Waals surface area contributed by atoms with Gasteiger partial charge in [0.2, 0.25) is 5.95 Å². The number of aliphatic hydroxyl groups excluding tert-OH is 3. The molecule has 2 aromatic heterocycles. The van der Waals surface area contributed by atoms with Gasteiger partial charge >= 0.3 is 0 Å². The molecule has 1 aliphatic rings. The Kier molecular flexibility index (Phi) is 6.13. The molecule has 0 unspecified atom stereocenters. The number of nitrogens with zero attached hydrogens (tertiary/aromatic N) is 3. The lowest BCUT2D eigenvalue weighted by Gasteiger charge is -2.21. The summed E-state index contributed by atoms with van der Waals surface area (Å²) >= 11 is 1.50. The second kappa shape index (κ2) is 9.22. The summed E-state index contributed by atoms with van der Waals surface area (Å²) in [6.07, 6.45) is -1.75. The molecule has 5 rings (SSSR count). The number of hydrogen-bond donors (Lipinski definition) is 5. The van der Waals surface area contributed by atoms with E-state index in [4.69, 9.17) is 4.98 Å². The maximum atomic E-state index is 13.7. The lowest BCUT2D eigenvalue weighted by molar-refractivity contribution is 0.00446. The first kappa shape index (κ1) is 22.6. The number of halogens is 1. The molecule has 8 nitrogen and oxygen atoms in total. The fraction of sp³-hybridized carbons (Fsp3) is 0.292. The Hall–Kier alpha value is -3.18. The van der Waals surface area contributed by atoms with Crippen LogP contribution in [0, 0.1) is 18.7 Å². The van der Waals surface area contributed by atoms with Crippen molar-refractivity contribution in [1.82, 2.24) is 15.0 Å². The van der Waals surface area contributed by atoms with Gasteiger partial charge in [-0.2, -0.15) is 4.98 Å². The van der Waals surface area contributed by atoms with Crippen LogP contribution in [0.1, 0.15) is 12.1 Å². The lowest BCUT2D eigenvalue weighted by Crippen LogP contribution is -2.35. The normalized spacial score (nSPS) is 22.3. The zero-order valence-corrected chi connectivity index (χ0v) is 19.1. The summed E-state index contributed by atoms with van der Waals surface area (Å²) in [5, 5.41) is 37.4. The first-order valence-electron chi connectivity index (χ1n) is 10.9. The highest BCUT2D eigenvalue weighted by atomic mass is 32.1. The minimum Gasteiger partial charge on any atom is -0.396 e. The van der Waals surface area contributed by atoms with Crippen LogP contribution in [0.25, 0.3) is 20.8 Å². The number of rotatable bonds is 6. The Labute approximate surface area is 199 Å². The third kappa shape index (κ3) is 4.32. The van der Waals surface area contributed by atoms with Gasteiger partial charge in [-0.3, -0.25) is 0 Å². The molecule has 176 valence electrons. The van der Waals surface area contributed by atoms with Crippen molar-refractivity contribution in [3.05, 3.63) is 60.0 Å². The molecule has 5 N–H and O–H groups in total. The molecule has 0 radical (unpaired) electrons. The number of fused-ring (bicyclic) bond motifs is 1. The summed E-state index contributed by atoms with van der Waals surface area (Å²) in [4.78, 5) is 14.0. The van der Waals surface area contributed by atoms with Gasteiger partial charge in [-0.25, -0.2) is 14.4 Å². The largest absolute Gasteiger partial charge is 0.396 e. The maximum absolute atomic E-state index is 13.7. The Balaban J connectivity index is 1.57. The lowest BCUT2D eigenvalue weighted by atomic mass is 10.1. The molecular formula is C24H24FN5O3S. The second-order valence-corrected chi connectivity index (χ2v) is 9.42. The minimum atomic E-state index is -1.07. The minimum absolute atomic E-state index is 0.226. The highest BCUT2D eigenvalue weighted by Gasteiger charge is 2.41. The van der Waals surface area contributed by atoms with Gasteiger partial charge in [-0.1, -0.05) is 18.2 Å². The third-order valence-electron chi connectivity index (χ3n) is 6.04. The van der Waals surface area contributed by atoms with E-state index >= 15 is 0 Å². The van der Waals surface area contributed by atoms with Gasteiger partial charge in [-0.15, -0.1) is 11.3 Å². The number of hydrogen-bond acceptors (Lipinski definition) is 9. The quantitative estimate of drug-likeness (QED) is 0.284. The predicted molar refractivity (Wildman–Crippen MR) is 130 cm³/mol. The van der Waals surface area contributed by atoms with Gasteiger partial charge in [0.05, 0.1) is 33.6 Å². The zero-order valence-electron chi connectivity index (χ0n) is 18.3. The second-order valence-electron chi connectivity index (χ2n) is 8.39. The fourth-order valence-corrected chi connectivity index (χ4v) is 5.35. The molecule has 2 heterocycles. The van der Waals surface area contributed by atoms with Crippen molar-refractivity contribution < 1.29 is 19.7 Å². The van der Waals surface area contributed by atoms with Gasteiger partial charge in [-0.05, 0) is 43.7 Å². The van der Waals surface area contributed by atoms with Crippen molar-refractivity contribution in [2.24, 2.45) is 5.92 Å². The van der Waals surface area contributed by atoms with Crippen LogP contribution in [0.4, 0.5) is 21.8 Å². The highest BCUT2D eigenvalue weighted by Crippen LogP contribution is 2.38. The molecule has 0 saturated heterocycles. The van der Waals surface area contributed by atoms with Crippen LogP contribution < -0.4 is 10.6 Å². The standard InChI is InChI=1S/C24H24FN5O3S/c1-12-19(23-29-16-7-2-3-8-18(16)34-23)22(28-17-9-13(11-31)20(32)21(17)33)30-24(26-12)27-15-6-4-5-14(25)10-15/h2-8,10,13,17,20-21,31-33H,9,11H2,1H3,(H2,26,27,28,30)/t13-,17-,20-,21+/m1/s1. The molecule has 0 bridgehead atoms. The van der Waals surface area contributed by atoms with E-state index in [9.17, 15) is 19.7 Å². The molecule has 0 amide bonds. The number of thiazole rings is 1. The maximum Gasteiger partial charge on any atom is 0.229 e. The van der Waals surface area contributed by atoms with Gasteiger partial charge < -0.3 is 26.0 Å². The van der Waals surface area contributed by atoms with E-state index in [2.05, 4.69) is 20.6 Å². The Morgan fingerprint density at radius 1 is 1.06 bits per heavy atom. The van der Waals surface area contributed by atoms with Crippen LogP contribution in [-0.2, 0) is 0 Å². The number of nitrogens with one attached hydrogen (secondary N) is 2. The van der Waals surface area contributed by atoms with Gasteiger partial charge in [0.15, 0.2) is 0 Å². The highest BCUT2D eigenvalue weighted by molar-refractivity contribution is 7.21. The number of benzene rings is 2. The third-order valence-corrected chi connectivity index (χ3v) is 7.09. The molecule has 10 heteroatoms. The van der Waals surface area contributed by atoms with Crippen molar-refractivity contribution in [3.63, 3.8) is 0 Å². The van der Waals surface area contributed by atoms with E-state index in [1.165, 1.54) is 23.5 Å². The molecule has 4 atom stereocenters. The van der Waals surface area contributed by atoms with E-state index in [0.717, 1.165) is 10.2 Å². The van der Waals surface area contributed by atoms with Crippen molar-refractivity contribution in [2.45, 2.75) is 31.6 Å². The van der Waals surface area contributed by atoms with Crippen LogP contribution in [0.15, 0.2) is 48.5 Å². The average molecular weight is 482 g/mol. The van der Waals surface area contributed by atoms with Gasteiger partial charge in [0.1, 0.15) is 22.7 Å². The summed E-state index contributed by atoms with van der Waals surface area (Å²) in [7, 11) is 0. The zero-order chi connectivity index (χ0) is 23.8. The summed E-state index contributed by atoms with van der Waals surface area (Å²) in [5.41, 5.74) is 2.67. The smallest absolute Gasteiger partial charge is 0.229 e. The van der Waals surface area contributed by atoms with E-state index < -0.39 is 24.2 Å². The summed E-state index contributed by atoms with van der Waals surface area (Å²) in [5.74, 6) is -0.141. The first-order chi connectivity index (χ1) is 16.4. The summed E-state index contributed by atoms with van der Waals surface area (Å²) < 4.78 is 14.7. The number of anilines is 3. The summed E-state index contributed by atoms with van der Waals surface area (Å²) in [6.45, 7) is 1.61. The monoisotopic (exact) mass is 481 g/mol. The Morgan fingerprint density at radius 3 is 2.62 bits per heavy atom. The van der Waals surface area contributed by atoms with Crippen molar-refractivity contribution in [2.75, 3.05) is 17.2 Å². The fourth-order valence-electron chi connectivity index (χ4n) is 4.29. The van der Waals surface area contributed by atoms with E-state index in [1.807, 2.05) is 31.2 Å². The van der Waals surface area contributed by atoms with Crippen LogP contribution in [-0.4, -0.2) is 55.1 Å². The number of aliphatic hydroxyl groups is 3. The van der Waals surface area contributed by atoms with Crippen molar-refractivity contribution in [1.29, 1.82) is 0 Å². The Morgan fingerprint density at radius 2 is 1.88 bits per heavy atom. The van der Waals surface area contributed by atoms with Gasteiger partial charge in [0, 0.05) is 18.2 Å². The number of aromatic nitrogens is 3. The topological polar surface area (TPSA) is 123 Å². The van der Waals surface area contributed by atoms with Crippen LogP contribution in [0.5, 0.6) is 0 Å². The van der Waals surface area contributed by atoms with Crippen LogP contribution in [0.2, 0.25) is 0 Å².